The van der Waals surface area contributed by atoms with E-state index in [-0.39, 0.29) is 35.9 Å². The molecule has 0 radical (unpaired) electrons. The van der Waals surface area contributed by atoms with Crippen molar-refractivity contribution in [3.63, 3.8) is 0 Å². The molecular weight excluding hydrogens is 379 g/mol. The van der Waals surface area contributed by atoms with Crippen LogP contribution in [-0.2, 0) is 14.8 Å². The third-order valence-corrected chi connectivity index (χ3v) is 7.20. The molecule has 0 bridgehead atoms. The molecular formula is C21H25FN2O3S. The summed E-state index contributed by atoms with van der Waals surface area (Å²) in [5.41, 5.74) is 2.20. The highest BCUT2D eigenvalue weighted by atomic mass is 32.2. The standard InChI is InChI=1S/C21H25FN2O3S/c1-15-5-3-4-6-20(15)16(2)23-21(25)17-11-13-24(14-12-17)28(26,27)19-9-7-18(22)8-10-19/h3-10,16-17H,11-14H2,1-2H3,(H,23,25)/t16-/m1/s1. The molecule has 5 nitrogen and oxygen atoms in total. The molecule has 0 unspecified atom stereocenters. The maximum Gasteiger partial charge on any atom is 0.243 e. The van der Waals surface area contributed by atoms with Crippen molar-refractivity contribution in [3.8, 4) is 0 Å². The Hall–Kier alpha value is -2.25. The first-order chi connectivity index (χ1) is 13.3. The lowest BCUT2D eigenvalue weighted by atomic mass is 9.96. The Morgan fingerprint density at radius 2 is 1.71 bits per heavy atom. The molecule has 1 fully saturated rings. The number of carbonyl (C=O) groups excluding carboxylic acids is 1. The normalized spacial score (nSPS) is 17.2. The number of nitrogens with zero attached hydrogens (tertiary/aromatic N) is 1. The van der Waals surface area contributed by atoms with Gasteiger partial charge in [0, 0.05) is 19.0 Å². The number of carbonyl (C=O) groups is 1. The fourth-order valence-electron chi connectivity index (χ4n) is 3.60. The molecule has 1 N–H and O–H groups in total. The smallest absolute Gasteiger partial charge is 0.243 e. The number of hydrogen-bond donors (Lipinski definition) is 1. The first-order valence-electron chi connectivity index (χ1n) is 9.40. The monoisotopic (exact) mass is 404 g/mol. The third kappa shape index (κ3) is 4.42. The summed E-state index contributed by atoms with van der Waals surface area (Å²) in [6, 6.07) is 12.6. The van der Waals surface area contributed by atoms with E-state index >= 15 is 0 Å². The number of halogens is 1. The minimum atomic E-state index is -3.66. The number of benzene rings is 2. The van der Waals surface area contributed by atoms with Crippen molar-refractivity contribution in [3.05, 3.63) is 65.5 Å². The van der Waals surface area contributed by atoms with Gasteiger partial charge in [-0.1, -0.05) is 24.3 Å². The highest BCUT2D eigenvalue weighted by molar-refractivity contribution is 7.89. The Balaban J connectivity index is 1.59. The molecule has 1 heterocycles. The predicted molar refractivity (Wildman–Crippen MR) is 106 cm³/mol. The quantitative estimate of drug-likeness (QED) is 0.830. The van der Waals surface area contributed by atoms with Crippen molar-refractivity contribution in [2.24, 2.45) is 5.92 Å². The molecule has 150 valence electrons. The Morgan fingerprint density at radius 3 is 2.32 bits per heavy atom. The summed E-state index contributed by atoms with van der Waals surface area (Å²) in [7, 11) is -3.66. The van der Waals surface area contributed by atoms with Crippen LogP contribution in [0.3, 0.4) is 0 Å². The van der Waals surface area contributed by atoms with Gasteiger partial charge >= 0.3 is 0 Å². The molecule has 2 aromatic carbocycles. The summed E-state index contributed by atoms with van der Waals surface area (Å²) < 4.78 is 39.8. The van der Waals surface area contributed by atoms with E-state index < -0.39 is 15.8 Å². The lowest BCUT2D eigenvalue weighted by Crippen LogP contribution is -2.43. The molecule has 2 aromatic rings. The third-order valence-electron chi connectivity index (χ3n) is 5.29. The molecule has 1 aliphatic rings. The van der Waals surface area contributed by atoms with E-state index in [1.165, 1.54) is 16.4 Å². The summed E-state index contributed by atoms with van der Waals surface area (Å²) in [6.07, 6.45) is 0.930. The second-order valence-corrected chi connectivity index (χ2v) is 9.16. The molecule has 3 rings (SSSR count). The molecule has 0 aromatic heterocycles. The van der Waals surface area contributed by atoms with Crippen LogP contribution in [0.15, 0.2) is 53.4 Å². The SMILES string of the molecule is Cc1ccccc1[C@@H](C)NC(=O)C1CCN(S(=O)(=O)c2ccc(F)cc2)CC1. The number of sulfonamides is 1. The van der Waals surface area contributed by atoms with Crippen molar-refractivity contribution in [2.45, 2.75) is 37.6 Å². The average molecular weight is 405 g/mol. The summed E-state index contributed by atoms with van der Waals surface area (Å²) in [5.74, 6) is -0.738. The van der Waals surface area contributed by atoms with Gasteiger partial charge in [0.15, 0.2) is 0 Å². The molecule has 7 heteroatoms. The van der Waals surface area contributed by atoms with Crippen LogP contribution in [0.2, 0.25) is 0 Å². The van der Waals surface area contributed by atoms with Gasteiger partial charge in [0.25, 0.3) is 0 Å². The molecule has 0 spiro atoms. The Bertz CT molecular complexity index is 936. The van der Waals surface area contributed by atoms with Crippen LogP contribution >= 0.6 is 0 Å². The number of amides is 1. The van der Waals surface area contributed by atoms with Crippen molar-refractivity contribution >= 4 is 15.9 Å². The minimum absolute atomic E-state index is 0.0467. The van der Waals surface area contributed by atoms with Gasteiger partial charge in [0.1, 0.15) is 5.82 Å². The second kappa shape index (κ2) is 8.41. The summed E-state index contributed by atoms with van der Waals surface area (Å²) in [5, 5.41) is 3.05. The lowest BCUT2D eigenvalue weighted by Gasteiger charge is -2.31. The van der Waals surface area contributed by atoms with Gasteiger partial charge in [0.2, 0.25) is 15.9 Å². The zero-order valence-corrected chi connectivity index (χ0v) is 16.9. The van der Waals surface area contributed by atoms with Gasteiger partial charge < -0.3 is 5.32 Å². The number of nitrogens with one attached hydrogen (secondary N) is 1. The van der Waals surface area contributed by atoms with Crippen molar-refractivity contribution in [2.75, 3.05) is 13.1 Å². The number of hydrogen-bond acceptors (Lipinski definition) is 3. The van der Waals surface area contributed by atoms with Crippen molar-refractivity contribution < 1.29 is 17.6 Å². The number of rotatable bonds is 5. The van der Waals surface area contributed by atoms with Crippen LogP contribution in [0.1, 0.15) is 36.9 Å². The van der Waals surface area contributed by atoms with Gasteiger partial charge in [-0.3, -0.25) is 4.79 Å². The maximum absolute atomic E-state index is 13.1. The zero-order chi connectivity index (χ0) is 20.3. The Morgan fingerprint density at radius 1 is 1.11 bits per heavy atom. The highest BCUT2D eigenvalue weighted by Crippen LogP contribution is 2.25. The van der Waals surface area contributed by atoms with Crippen LogP contribution in [0, 0.1) is 18.7 Å². The second-order valence-electron chi connectivity index (χ2n) is 7.22. The van der Waals surface area contributed by atoms with Crippen LogP contribution < -0.4 is 5.32 Å². The summed E-state index contributed by atoms with van der Waals surface area (Å²) >= 11 is 0. The van der Waals surface area contributed by atoms with Gasteiger partial charge in [-0.05, 0) is 62.1 Å². The minimum Gasteiger partial charge on any atom is -0.349 e. The number of piperidine rings is 1. The van der Waals surface area contributed by atoms with Gasteiger partial charge in [-0.2, -0.15) is 4.31 Å². The molecule has 28 heavy (non-hydrogen) atoms. The van der Waals surface area contributed by atoms with Gasteiger partial charge in [-0.25, -0.2) is 12.8 Å². The summed E-state index contributed by atoms with van der Waals surface area (Å²) in [4.78, 5) is 12.7. The van der Waals surface area contributed by atoms with E-state index in [2.05, 4.69) is 5.32 Å². The van der Waals surface area contributed by atoms with Gasteiger partial charge in [-0.15, -0.1) is 0 Å². The molecule has 1 atom stereocenters. The molecule has 0 aliphatic carbocycles. The average Bonchev–Trinajstić information content (AvgIpc) is 2.68. The van der Waals surface area contributed by atoms with Crippen LogP contribution in [0.4, 0.5) is 4.39 Å². The molecule has 1 amide bonds. The van der Waals surface area contributed by atoms with E-state index in [0.717, 1.165) is 23.3 Å². The van der Waals surface area contributed by atoms with E-state index in [4.69, 9.17) is 0 Å². The van der Waals surface area contributed by atoms with Gasteiger partial charge in [0.05, 0.1) is 10.9 Å². The molecule has 1 saturated heterocycles. The Kier molecular flexibility index (Phi) is 6.15. The topological polar surface area (TPSA) is 66.5 Å². The summed E-state index contributed by atoms with van der Waals surface area (Å²) in [6.45, 7) is 4.51. The zero-order valence-electron chi connectivity index (χ0n) is 16.1. The van der Waals surface area contributed by atoms with Crippen LogP contribution in [0.5, 0.6) is 0 Å². The molecule has 0 saturated carbocycles. The van der Waals surface area contributed by atoms with E-state index in [1.54, 1.807) is 0 Å². The highest BCUT2D eigenvalue weighted by Gasteiger charge is 2.32. The number of aryl methyl sites for hydroxylation is 1. The predicted octanol–water partition coefficient (Wildman–Crippen LogP) is 3.41. The van der Waals surface area contributed by atoms with E-state index in [9.17, 15) is 17.6 Å². The van der Waals surface area contributed by atoms with E-state index in [0.29, 0.717) is 12.8 Å². The Labute approximate surface area is 165 Å². The van der Waals surface area contributed by atoms with Crippen LogP contribution in [-0.4, -0.2) is 31.7 Å². The fraction of sp³-hybridized carbons (Fsp3) is 0.381. The van der Waals surface area contributed by atoms with Crippen molar-refractivity contribution in [1.29, 1.82) is 0 Å². The first kappa shape index (κ1) is 20.5. The fourth-order valence-corrected chi connectivity index (χ4v) is 5.07. The lowest BCUT2D eigenvalue weighted by molar-refractivity contribution is -0.126. The van der Waals surface area contributed by atoms with Crippen molar-refractivity contribution in [1.82, 2.24) is 9.62 Å². The maximum atomic E-state index is 13.1. The van der Waals surface area contributed by atoms with Crippen LogP contribution in [0.25, 0.3) is 0 Å². The first-order valence-corrected chi connectivity index (χ1v) is 10.8. The van der Waals surface area contributed by atoms with E-state index in [1.807, 2.05) is 38.1 Å². The largest absolute Gasteiger partial charge is 0.349 e. The molecule has 1 aliphatic heterocycles.